The minimum absolute atomic E-state index is 0.139. The average Bonchev–Trinajstić information content (AvgIpc) is 2.84. The topological polar surface area (TPSA) is 51.0 Å². The van der Waals surface area contributed by atoms with Crippen LogP contribution < -0.4 is 5.32 Å². The van der Waals surface area contributed by atoms with Gasteiger partial charge in [-0.15, -0.1) is 0 Å². The van der Waals surface area contributed by atoms with Gasteiger partial charge in [-0.2, -0.15) is 16.7 Å². The van der Waals surface area contributed by atoms with Crippen LogP contribution in [0.3, 0.4) is 0 Å². The Morgan fingerprint density at radius 3 is 2.70 bits per heavy atom. The molecule has 0 radical (unpaired) electrons. The number of aromatic nitrogens is 2. The van der Waals surface area contributed by atoms with Gasteiger partial charge in [0.25, 0.3) is 0 Å². The van der Waals surface area contributed by atoms with Gasteiger partial charge in [0.15, 0.2) is 5.82 Å². The molecule has 1 aromatic heterocycles. The Labute approximate surface area is 126 Å². The lowest BCUT2D eigenvalue weighted by Crippen LogP contribution is -2.37. The number of hydrogen-bond donors (Lipinski definition) is 1. The summed E-state index contributed by atoms with van der Waals surface area (Å²) >= 11 is 1.99. The molecule has 114 valence electrons. The molecule has 5 heteroatoms. The minimum atomic E-state index is 0.139. The van der Waals surface area contributed by atoms with E-state index in [1.165, 1.54) is 32.1 Å². The molecule has 0 saturated heterocycles. The summed E-state index contributed by atoms with van der Waals surface area (Å²) in [6.45, 7) is 7.36. The summed E-state index contributed by atoms with van der Waals surface area (Å²) < 4.78 is 5.30. The van der Waals surface area contributed by atoms with E-state index in [4.69, 9.17) is 4.52 Å². The van der Waals surface area contributed by atoms with Crippen molar-refractivity contribution in [3.05, 3.63) is 11.7 Å². The summed E-state index contributed by atoms with van der Waals surface area (Å²) in [4.78, 5) is 4.48. The summed E-state index contributed by atoms with van der Waals surface area (Å²) in [5.41, 5.74) is 0.139. The molecule has 1 saturated carbocycles. The molecule has 4 nitrogen and oxygen atoms in total. The first-order valence-electron chi connectivity index (χ1n) is 7.71. The Balaban J connectivity index is 1.69. The normalized spacial score (nSPS) is 17.6. The zero-order valence-corrected chi connectivity index (χ0v) is 13.8. The largest absolute Gasteiger partial charge is 0.339 e. The lowest BCUT2D eigenvalue weighted by molar-refractivity contribution is 0.359. The van der Waals surface area contributed by atoms with Crippen molar-refractivity contribution in [3.8, 4) is 0 Å². The Morgan fingerprint density at radius 2 is 2.00 bits per heavy atom. The SMILES string of the molecule is CC(C)(C)NCCc1nc(CSC2CCCCC2)no1. The van der Waals surface area contributed by atoms with Crippen LogP contribution in [0.2, 0.25) is 0 Å². The maximum atomic E-state index is 5.30. The van der Waals surface area contributed by atoms with Gasteiger partial charge < -0.3 is 9.84 Å². The molecule has 0 amide bonds. The molecule has 0 aromatic carbocycles. The molecule has 1 fully saturated rings. The number of rotatable bonds is 6. The van der Waals surface area contributed by atoms with E-state index in [-0.39, 0.29) is 5.54 Å². The highest BCUT2D eigenvalue weighted by molar-refractivity contribution is 7.99. The zero-order chi connectivity index (χ0) is 14.4. The van der Waals surface area contributed by atoms with Gasteiger partial charge in [-0.05, 0) is 33.6 Å². The molecular formula is C15H27N3OS. The fourth-order valence-electron chi connectivity index (χ4n) is 2.42. The van der Waals surface area contributed by atoms with E-state index >= 15 is 0 Å². The Bertz CT molecular complexity index is 394. The standard InChI is InChI=1S/C15H27N3OS/c1-15(2,3)16-10-9-14-17-13(18-19-14)11-20-12-7-5-4-6-8-12/h12,16H,4-11H2,1-3H3. The van der Waals surface area contributed by atoms with Gasteiger partial charge in [-0.25, -0.2) is 0 Å². The van der Waals surface area contributed by atoms with Gasteiger partial charge >= 0.3 is 0 Å². The third-order valence-electron chi connectivity index (χ3n) is 3.50. The summed E-state index contributed by atoms with van der Waals surface area (Å²) in [6, 6.07) is 0. The molecule has 1 N–H and O–H groups in total. The van der Waals surface area contributed by atoms with Crippen LogP contribution >= 0.6 is 11.8 Å². The van der Waals surface area contributed by atoms with Crippen LogP contribution in [0.5, 0.6) is 0 Å². The lowest BCUT2D eigenvalue weighted by Gasteiger charge is -2.20. The third kappa shape index (κ3) is 5.83. The maximum Gasteiger partial charge on any atom is 0.227 e. The predicted octanol–water partition coefficient (Wildman–Crippen LogP) is 3.57. The molecule has 2 rings (SSSR count). The van der Waals surface area contributed by atoms with Gasteiger partial charge in [0.1, 0.15) is 0 Å². The van der Waals surface area contributed by atoms with Gasteiger partial charge in [0.05, 0.1) is 5.75 Å². The van der Waals surface area contributed by atoms with Crippen LogP contribution in [0.1, 0.15) is 64.6 Å². The average molecular weight is 297 g/mol. The summed E-state index contributed by atoms with van der Waals surface area (Å²) in [5.74, 6) is 2.49. The summed E-state index contributed by atoms with van der Waals surface area (Å²) in [6.07, 6.45) is 7.68. The second kappa shape index (κ2) is 7.46. The molecule has 0 spiro atoms. The molecule has 1 aliphatic rings. The van der Waals surface area contributed by atoms with Gasteiger partial charge in [-0.1, -0.05) is 24.4 Å². The number of nitrogens with zero attached hydrogens (tertiary/aromatic N) is 2. The van der Waals surface area contributed by atoms with Gasteiger partial charge in [0.2, 0.25) is 5.89 Å². The van der Waals surface area contributed by atoms with Crippen molar-refractivity contribution < 1.29 is 4.52 Å². The van der Waals surface area contributed by atoms with Crippen LogP contribution in [-0.2, 0) is 12.2 Å². The van der Waals surface area contributed by atoms with E-state index in [0.717, 1.165) is 35.7 Å². The fraction of sp³-hybridized carbons (Fsp3) is 0.867. The number of thioether (sulfide) groups is 1. The molecule has 1 aromatic rings. The molecule has 0 bridgehead atoms. The number of hydrogen-bond acceptors (Lipinski definition) is 5. The van der Waals surface area contributed by atoms with Crippen molar-refractivity contribution in [1.29, 1.82) is 0 Å². The smallest absolute Gasteiger partial charge is 0.227 e. The number of nitrogens with one attached hydrogen (secondary N) is 1. The molecule has 1 aliphatic carbocycles. The van der Waals surface area contributed by atoms with E-state index in [1.807, 2.05) is 11.8 Å². The summed E-state index contributed by atoms with van der Waals surface area (Å²) in [5, 5.41) is 8.31. The zero-order valence-electron chi connectivity index (χ0n) is 12.9. The fourth-order valence-corrected chi connectivity index (χ4v) is 3.59. The second-order valence-electron chi connectivity index (χ2n) is 6.60. The van der Waals surface area contributed by atoms with Gasteiger partial charge in [0, 0.05) is 23.8 Å². The Morgan fingerprint density at radius 1 is 1.25 bits per heavy atom. The molecule has 20 heavy (non-hydrogen) atoms. The van der Waals surface area contributed by atoms with Crippen molar-refractivity contribution in [2.75, 3.05) is 6.54 Å². The molecule has 0 unspecified atom stereocenters. The van der Waals surface area contributed by atoms with Crippen molar-refractivity contribution in [2.24, 2.45) is 0 Å². The molecular weight excluding hydrogens is 270 g/mol. The Kier molecular flexibility index (Phi) is 5.90. The quantitative estimate of drug-likeness (QED) is 0.870. The second-order valence-corrected chi connectivity index (χ2v) is 7.89. The van der Waals surface area contributed by atoms with Crippen molar-refractivity contribution >= 4 is 11.8 Å². The van der Waals surface area contributed by atoms with E-state index < -0.39 is 0 Å². The van der Waals surface area contributed by atoms with Crippen molar-refractivity contribution in [3.63, 3.8) is 0 Å². The van der Waals surface area contributed by atoms with Crippen molar-refractivity contribution in [1.82, 2.24) is 15.5 Å². The minimum Gasteiger partial charge on any atom is -0.339 e. The molecule has 0 atom stereocenters. The van der Waals surface area contributed by atoms with E-state index in [1.54, 1.807) is 0 Å². The molecule has 1 heterocycles. The van der Waals surface area contributed by atoms with Crippen LogP contribution in [0.4, 0.5) is 0 Å². The molecule has 0 aliphatic heterocycles. The highest BCUT2D eigenvalue weighted by atomic mass is 32.2. The first kappa shape index (κ1) is 15.8. The van der Waals surface area contributed by atoms with Crippen LogP contribution in [0.25, 0.3) is 0 Å². The predicted molar refractivity (Wildman–Crippen MR) is 83.9 cm³/mol. The van der Waals surface area contributed by atoms with E-state index in [0.29, 0.717) is 0 Å². The maximum absolute atomic E-state index is 5.30. The van der Waals surface area contributed by atoms with E-state index in [9.17, 15) is 0 Å². The first-order valence-corrected chi connectivity index (χ1v) is 8.76. The summed E-state index contributed by atoms with van der Waals surface area (Å²) in [7, 11) is 0. The van der Waals surface area contributed by atoms with Crippen LogP contribution in [0, 0.1) is 0 Å². The highest BCUT2D eigenvalue weighted by Gasteiger charge is 2.15. The lowest BCUT2D eigenvalue weighted by atomic mass is 10.0. The first-order chi connectivity index (χ1) is 9.53. The van der Waals surface area contributed by atoms with Crippen molar-refractivity contribution in [2.45, 2.75) is 75.8 Å². The monoisotopic (exact) mass is 297 g/mol. The van der Waals surface area contributed by atoms with Gasteiger partial charge in [-0.3, -0.25) is 0 Å². The van der Waals surface area contributed by atoms with Crippen LogP contribution in [-0.4, -0.2) is 27.5 Å². The van der Waals surface area contributed by atoms with E-state index in [2.05, 4.69) is 36.2 Å². The highest BCUT2D eigenvalue weighted by Crippen LogP contribution is 2.29. The van der Waals surface area contributed by atoms with Crippen LogP contribution in [0.15, 0.2) is 4.52 Å². The Hall–Kier alpha value is -0.550. The third-order valence-corrected chi connectivity index (χ3v) is 4.87.